The number of hydroxylamine groups is 4. The summed E-state index contributed by atoms with van der Waals surface area (Å²) in [6.07, 6.45) is 3.24. The number of carbonyl (C=O) groups excluding carboxylic acids is 2. The van der Waals surface area contributed by atoms with Gasteiger partial charge in [-0.2, -0.15) is 0 Å². The number of ether oxygens (including phenoxy) is 1. The predicted octanol–water partition coefficient (Wildman–Crippen LogP) is 4.99. The molecule has 4 aliphatic rings. The lowest BCUT2D eigenvalue weighted by Crippen LogP contribution is -2.53. The van der Waals surface area contributed by atoms with E-state index in [0.717, 1.165) is 86.4 Å². The molecule has 4 fully saturated rings. The van der Waals surface area contributed by atoms with E-state index in [-0.39, 0.29) is 29.6 Å². The van der Waals surface area contributed by atoms with E-state index >= 15 is 0 Å². The van der Waals surface area contributed by atoms with Crippen LogP contribution in [-0.2, 0) is 39.0 Å². The maximum absolute atomic E-state index is 12.9. The summed E-state index contributed by atoms with van der Waals surface area (Å²) in [7, 11) is 0. The second-order valence-corrected chi connectivity index (χ2v) is 15.9. The summed E-state index contributed by atoms with van der Waals surface area (Å²) < 4.78 is 5.84. The monoisotopic (exact) mass is 826 g/mol. The number of aromatic nitrogens is 2. The molecule has 4 aliphatic heterocycles. The van der Waals surface area contributed by atoms with E-state index in [2.05, 4.69) is 48.6 Å². The first-order valence-corrected chi connectivity index (χ1v) is 21.0. The summed E-state index contributed by atoms with van der Waals surface area (Å²) in [5.74, 6) is 2.79. The molecule has 0 aliphatic carbocycles. The summed E-state index contributed by atoms with van der Waals surface area (Å²) in [5, 5.41) is 12.4. The van der Waals surface area contributed by atoms with Gasteiger partial charge < -0.3 is 19.6 Å². The second-order valence-electron chi connectivity index (χ2n) is 15.9. The molecule has 2 aromatic heterocycles. The third-order valence-electron chi connectivity index (χ3n) is 11.6. The molecule has 0 radical (unpaired) electrons. The number of rotatable bonds is 11. The zero-order chi connectivity index (χ0) is 42.1. The Morgan fingerprint density at radius 1 is 0.574 bits per heavy atom. The van der Waals surface area contributed by atoms with Gasteiger partial charge in [0.25, 0.3) is 11.8 Å². The van der Waals surface area contributed by atoms with Gasteiger partial charge in [-0.1, -0.05) is 90.0 Å². The lowest BCUT2D eigenvalue weighted by Gasteiger charge is -2.37. The number of carbonyl (C=O) groups is 2. The number of benzene rings is 3. The third kappa shape index (κ3) is 10.6. The van der Waals surface area contributed by atoms with Gasteiger partial charge in [-0.25, -0.2) is 20.1 Å². The van der Waals surface area contributed by atoms with Crippen LogP contribution in [0.5, 0.6) is 11.5 Å². The van der Waals surface area contributed by atoms with E-state index in [9.17, 15) is 14.7 Å². The topological polar surface area (TPSA) is 127 Å². The first kappa shape index (κ1) is 41.7. The van der Waals surface area contributed by atoms with E-state index in [1.807, 2.05) is 91.9 Å². The van der Waals surface area contributed by atoms with Crippen molar-refractivity contribution in [3.8, 4) is 11.5 Å². The van der Waals surface area contributed by atoms with Gasteiger partial charge in [0.1, 0.15) is 41.8 Å². The highest BCUT2D eigenvalue weighted by atomic mass is 16.7. The molecule has 61 heavy (non-hydrogen) atoms. The lowest BCUT2D eigenvalue weighted by molar-refractivity contribution is -0.165. The highest BCUT2D eigenvalue weighted by molar-refractivity contribution is 5.83. The Morgan fingerprint density at radius 3 is 1.49 bits per heavy atom. The number of pyridine rings is 2. The van der Waals surface area contributed by atoms with Gasteiger partial charge in [0, 0.05) is 52.4 Å². The normalized spacial score (nSPS) is 19.9. The van der Waals surface area contributed by atoms with Gasteiger partial charge in [0.2, 0.25) is 0 Å². The van der Waals surface area contributed by atoms with E-state index in [1.54, 1.807) is 12.3 Å². The van der Waals surface area contributed by atoms with Crippen LogP contribution < -0.4 is 14.5 Å². The minimum Gasteiger partial charge on any atom is -0.506 e. The van der Waals surface area contributed by atoms with E-state index in [4.69, 9.17) is 14.4 Å². The van der Waals surface area contributed by atoms with E-state index < -0.39 is 0 Å². The molecule has 0 spiro atoms. The number of hydrogen-bond acceptors (Lipinski definition) is 12. The van der Waals surface area contributed by atoms with Crippen molar-refractivity contribution in [2.75, 3.05) is 75.4 Å². The van der Waals surface area contributed by atoms with Gasteiger partial charge in [-0.05, 0) is 54.8 Å². The maximum Gasteiger partial charge on any atom is 0.266 e. The Kier molecular flexibility index (Phi) is 13.4. The summed E-state index contributed by atoms with van der Waals surface area (Å²) in [6, 6.07) is 33.5. The fourth-order valence-electron chi connectivity index (χ4n) is 7.89. The molecule has 3 aromatic carbocycles. The van der Waals surface area contributed by atoms with Crippen molar-refractivity contribution in [3.05, 3.63) is 143 Å². The van der Waals surface area contributed by atoms with Crippen molar-refractivity contribution in [2.45, 2.75) is 45.6 Å². The van der Waals surface area contributed by atoms with Crippen LogP contribution in [0.25, 0.3) is 0 Å². The highest BCUT2D eigenvalue weighted by Crippen LogP contribution is 2.24. The Bertz CT molecular complexity index is 2180. The summed E-state index contributed by atoms with van der Waals surface area (Å²) in [5.41, 5.74) is 5.68. The van der Waals surface area contributed by atoms with Crippen LogP contribution in [0, 0.1) is 13.8 Å². The highest BCUT2D eigenvalue weighted by Gasteiger charge is 2.40. The van der Waals surface area contributed by atoms with Gasteiger partial charge in [-0.3, -0.25) is 29.1 Å². The van der Waals surface area contributed by atoms with Crippen LogP contribution in [0.2, 0.25) is 0 Å². The fraction of sp³-hybridized carbons (Fsp3) is 0.362. The van der Waals surface area contributed by atoms with E-state index in [1.165, 1.54) is 27.5 Å². The first-order valence-electron chi connectivity index (χ1n) is 21.0. The Morgan fingerprint density at radius 2 is 1.05 bits per heavy atom. The lowest BCUT2D eigenvalue weighted by atomic mass is 10.1. The molecule has 5 aromatic rings. The Balaban J connectivity index is 0.000000173. The smallest absolute Gasteiger partial charge is 0.266 e. The van der Waals surface area contributed by atoms with Gasteiger partial charge >= 0.3 is 0 Å². The number of aromatic hydroxyl groups is 1. The second kappa shape index (κ2) is 19.5. The molecule has 0 saturated carbocycles. The predicted molar refractivity (Wildman–Crippen MR) is 231 cm³/mol. The number of hydrogen-bond donors (Lipinski definition) is 1. The molecule has 2 atom stereocenters. The van der Waals surface area contributed by atoms with Crippen LogP contribution in [0.4, 0.5) is 11.6 Å². The third-order valence-corrected chi connectivity index (χ3v) is 11.6. The SMILES string of the molecule is Cc1ccc(CN2OCC(N3CCN(c4ccc(O)cn4)CC3)C2=O)cc1.Cc1ccc(CN2OCC(N3CCN(c4ccc(OCc5ccccc5)cn4)CC3)C2=O)cc1. The number of nitrogens with zero attached hydrogens (tertiary/aromatic N) is 8. The molecule has 14 heteroatoms. The summed E-state index contributed by atoms with van der Waals surface area (Å²) >= 11 is 0. The van der Waals surface area contributed by atoms with Gasteiger partial charge in [0.05, 0.1) is 38.7 Å². The van der Waals surface area contributed by atoms with Crippen molar-refractivity contribution in [2.24, 2.45) is 0 Å². The van der Waals surface area contributed by atoms with Crippen molar-refractivity contribution >= 4 is 23.5 Å². The molecular weight excluding hydrogens is 773 g/mol. The molecule has 4 saturated heterocycles. The molecule has 0 bridgehead atoms. The van der Waals surface area contributed by atoms with Crippen molar-refractivity contribution in [1.29, 1.82) is 0 Å². The van der Waals surface area contributed by atoms with Crippen LogP contribution >= 0.6 is 0 Å². The molecule has 318 valence electrons. The Hall–Kier alpha value is -6.06. The number of aryl methyl sites for hydroxylation is 2. The minimum atomic E-state index is -0.217. The zero-order valence-electron chi connectivity index (χ0n) is 34.9. The maximum atomic E-state index is 12.9. The number of piperazine rings is 2. The number of anilines is 2. The molecule has 1 N–H and O–H groups in total. The van der Waals surface area contributed by atoms with Crippen molar-refractivity contribution in [1.82, 2.24) is 29.9 Å². The average molecular weight is 827 g/mol. The molecular formula is C47H54N8O6. The fourth-order valence-corrected chi connectivity index (χ4v) is 7.89. The first-order chi connectivity index (χ1) is 29.8. The minimum absolute atomic E-state index is 0.0341. The summed E-state index contributed by atoms with van der Waals surface area (Å²) in [6.45, 7) is 12.8. The van der Waals surface area contributed by atoms with Crippen LogP contribution in [0.3, 0.4) is 0 Å². The molecule has 2 unspecified atom stereocenters. The molecule has 9 rings (SSSR count). The quantitative estimate of drug-likeness (QED) is 0.193. The van der Waals surface area contributed by atoms with Gasteiger partial charge in [0.15, 0.2) is 0 Å². The van der Waals surface area contributed by atoms with Crippen molar-refractivity contribution < 1.29 is 29.1 Å². The molecule has 6 heterocycles. The molecule has 2 amide bonds. The average Bonchev–Trinajstić information content (AvgIpc) is 3.85. The summed E-state index contributed by atoms with van der Waals surface area (Å²) in [4.78, 5) is 54.8. The number of amides is 2. The van der Waals surface area contributed by atoms with Crippen molar-refractivity contribution in [3.63, 3.8) is 0 Å². The zero-order valence-corrected chi connectivity index (χ0v) is 34.9. The van der Waals surface area contributed by atoms with E-state index in [0.29, 0.717) is 32.9 Å². The van der Waals surface area contributed by atoms with Crippen LogP contribution in [0.1, 0.15) is 27.8 Å². The van der Waals surface area contributed by atoms with Crippen LogP contribution in [0.15, 0.2) is 116 Å². The van der Waals surface area contributed by atoms with Crippen LogP contribution in [-0.4, -0.2) is 124 Å². The standard InChI is InChI=1S/C27H30N4O3.C20H24N4O3/c1-21-7-9-22(10-8-21)18-31-27(32)25(20-34-31)29-13-15-30(16-14-29)26-12-11-24(17-28-26)33-19-23-5-3-2-4-6-23;1-15-2-4-16(5-3-15)13-24-20(26)18(14-27-24)22-8-10-23(11-9-22)19-7-6-17(25)12-21-19/h2-12,17,25H,13-16,18-20H2,1H3;2-7,12,18,25H,8-11,13-14H2,1H3. The largest absolute Gasteiger partial charge is 0.506 e. The van der Waals surface area contributed by atoms with Gasteiger partial charge in [-0.15, -0.1) is 0 Å². The molecule has 14 nitrogen and oxygen atoms in total. The Labute approximate surface area is 357 Å².